The van der Waals surface area contributed by atoms with E-state index in [4.69, 9.17) is 0 Å². The Labute approximate surface area is 181 Å². The van der Waals surface area contributed by atoms with E-state index in [-0.39, 0.29) is 17.2 Å². The first-order valence-electron chi connectivity index (χ1n) is 8.74. The Hall–Kier alpha value is -2.39. The molecular formula is C20H21BrFN3O3S. The van der Waals surface area contributed by atoms with Crippen molar-refractivity contribution in [3.05, 3.63) is 63.9 Å². The standard InChI is InChI=1S/C20H21BrFN3O3S/c1-23-18(26)14-11-12(7-8-16(14)22)24-20(28)17(9-10-29-2)25-19(27)13-5-3-4-6-15(13)21/h3-8,11,17H,9-10H2,1-2H3,(H,23,26)(H,24,28)(H,25,27). The van der Waals surface area contributed by atoms with Crippen molar-refractivity contribution in [3.63, 3.8) is 0 Å². The summed E-state index contributed by atoms with van der Waals surface area (Å²) in [5.74, 6) is -1.47. The summed E-state index contributed by atoms with van der Waals surface area (Å²) in [5, 5.41) is 7.74. The zero-order valence-electron chi connectivity index (χ0n) is 15.9. The molecular weight excluding hydrogens is 461 g/mol. The molecule has 0 fully saturated rings. The lowest BCUT2D eigenvalue weighted by Crippen LogP contribution is -2.44. The van der Waals surface area contributed by atoms with E-state index in [1.807, 2.05) is 6.26 Å². The highest BCUT2D eigenvalue weighted by Crippen LogP contribution is 2.18. The number of rotatable bonds is 8. The van der Waals surface area contributed by atoms with Crippen LogP contribution in [0.1, 0.15) is 27.1 Å². The van der Waals surface area contributed by atoms with Crippen LogP contribution in [0.25, 0.3) is 0 Å². The highest BCUT2D eigenvalue weighted by molar-refractivity contribution is 9.10. The Balaban J connectivity index is 2.18. The molecule has 2 aromatic rings. The number of halogens is 2. The summed E-state index contributed by atoms with van der Waals surface area (Å²) in [4.78, 5) is 37.1. The van der Waals surface area contributed by atoms with Crippen molar-refractivity contribution in [3.8, 4) is 0 Å². The van der Waals surface area contributed by atoms with Gasteiger partial charge in [0, 0.05) is 17.2 Å². The van der Waals surface area contributed by atoms with Crippen molar-refractivity contribution in [2.45, 2.75) is 12.5 Å². The smallest absolute Gasteiger partial charge is 0.254 e. The van der Waals surface area contributed by atoms with E-state index in [2.05, 4.69) is 31.9 Å². The maximum Gasteiger partial charge on any atom is 0.254 e. The molecule has 2 rings (SSSR count). The zero-order chi connectivity index (χ0) is 21.4. The van der Waals surface area contributed by atoms with E-state index < -0.39 is 23.7 Å². The molecule has 6 nitrogen and oxygen atoms in total. The Bertz CT molecular complexity index is 910. The van der Waals surface area contributed by atoms with Gasteiger partial charge in [-0.1, -0.05) is 12.1 Å². The molecule has 0 radical (unpaired) electrons. The van der Waals surface area contributed by atoms with E-state index in [1.54, 1.807) is 36.0 Å². The fourth-order valence-corrected chi connectivity index (χ4v) is 3.46. The van der Waals surface area contributed by atoms with Gasteiger partial charge in [-0.15, -0.1) is 0 Å². The summed E-state index contributed by atoms with van der Waals surface area (Å²) in [5.41, 5.74) is 0.501. The number of thioether (sulfide) groups is 1. The molecule has 154 valence electrons. The molecule has 0 aliphatic rings. The van der Waals surface area contributed by atoms with Gasteiger partial charge in [0.05, 0.1) is 11.1 Å². The molecule has 3 amide bonds. The van der Waals surface area contributed by atoms with Crippen LogP contribution in [0.3, 0.4) is 0 Å². The fraction of sp³-hybridized carbons (Fsp3) is 0.250. The number of anilines is 1. The van der Waals surface area contributed by atoms with Gasteiger partial charge in [0.1, 0.15) is 11.9 Å². The summed E-state index contributed by atoms with van der Waals surface area (Å²) >= 11 is 4.87. The molecule has 0 heterocycles. The van der Waals surface area contributed by atoms with Crippen LogP contribution in [-0.2, 0) is 4.79 Å². The summed E-state index contributed by atoms with van der Waals surface area (Å²) in [7, 11) is 1.39. The summed E-state index contributed by atoms with van der Waals surface area (Å²) in [6, 6.07) is 9.84. The summed E-state index contributed by atoms with van der Waals surface area (Å²) < 4.78 is 14.5. The van der Waals surface area contributed by atoms with Gasteiger partial charge >= 0.3 is 0 Å². The first kappa shape index (κ1) is 22.9. The van der Waals surface area contributed by atoms with Gasteiger partial charge in [0.25, 0.3) is 11.8 Å². The first-order chi connectivity index (χ1) is 13.9. The number of nitrogens with one attached hydrogen (secondary N) is 3. The Morgan fingerprint density at radius 2 is 1.83 bits per heavy atom. The molecule has 1 unspecified atom stereocenters. The number of carbonyl (C=O) groups excluding carboxylic acids is 3. The fourth-order valence-electron chi connectivity index (χ4n) is 2.53. The van der Waals surface area contributed by atoms with Crippen molar-refractivity contribution in [2.75, 3.05) is 24.4 Å². The van der Waals surface area contributed by atoms with E-state index >= 15 is 0 Å². The molecule has 2 aromatic carbocycles. The quantitative estimate of drug-likeness (QED) is 0.538. The average Bonchev–Trinajstić information content (AvgIpc) is 2.71. The minimum Gasteiger partial charge on any atom is -0.355 e. The molecule has 1 atom stereocenters. The third kappa shape index (κ3) is 6.30. The molecule has 0 aliphatic carbocycles. The summed E-state index contributed by atoms with van der Waals surface area (Å²) in [6.45, 7) is 0. The average molecular weight is 482 g/mol. The lowest BCUT2D eigenvalue weighted by molar-refractivity contribution is -0.118. The Morgan fingerprint density at radius 1 is 1.10 bits per heavy atom. The maximum absolute atomic E-state index is 13.8. The number of hydrogen-bond donors (Lipinski definition) is 3. The van der Waals surface area contributed by atoms with E-state index in [0.29, 0.717) is 22.2 Å². The minimum atomic E-state index is -0.796. The van der Waals surface area contributed by atoms with Crippen molar-refractivity contribution >= 4 is 51.1 Å². The SMILES string of the molecule is CNC(=O)c1cc(NC(=O)C(CCSC)NC(=O)c2ccccc2Br)ccc1F. The van der Waals surface area contributed by atoms with Gasteiger partial charge in [-0.25, -0.2) is 4.39 Å². The van der Waals surface area contributed by atoms with Gasteiger partial charge in [-0.3, -0.25) is 14.4 Å². The predicted octanol–water partition coefficient (Wildman–Crippen LogP) is 3.44. The number of carbonyl (C=O) groups is 3. The van der Waals surface area contributed by atoms with Crippen LogP contribution >= 0.6 is 27.7 Å². The Morgan fingerprint density at radius 3 is 2.48 bits per heavy atom. The van der Waals surface area contributed by atoms with Crippen LogP contribution in [0.2, 0.25) is 0 Å². The second-order valence-electron chi connectivity index (χ2n) is 6.05. The number of benzene rings is 2. The zero-order valence-corrected chi connectivity index (χ0v) is 18.3. The lowest BCUT2D eigenvalue weighted by Gasteiger charge is -2.19. The van der Waals surface area contributed by atoms with Crippen molar-refractivity contribution in [1.29, 1.82) is 0 Å². The molecule has 0 saturated carbocycles. The van der Waals surface area contributed by atoms with Crippen LogP contribution in [0.5, 0.6) is 0 Å². The molecule has 0 aromatic heterocycles. The van der Waals surface area contributed by atoms with Crippen molar-refractivity contribution in [2.24, 2.45) is 0 Å². The van der Waals surface area contributed by atoms with Crippen LogP contribution in [0, 0.1) is 5.82 Å². The molecule has 0 saturated heterocycles. The highest BCUT2D eigenvalue weighted by atomic mass is 79.9. The molecule has 0 spiro atoms. The second kappa shape index (κ2) is 11.0. The van der Waals surface area contributed by atoms with Crippen molar-refractivity contribution in [1.82, 2.24) is 10.6 Å². The molecule has 29 heavy (non-hydrogen) atoms. The molecule has 0 bridgehead atoms. The highest BCUT2D eigenvalue weighted by Gasteiger charge is 2.23. The number of amides is 3. The third-order valence-corrected chi connectivity index (χ3v) is 5.39. The largest absolute Gasteiger partial charge is 0.355 e. The van der Waals surface area contributed by atoms with E-state index in [0.717, 1.165) is 6.07 Å². The second-order valence-corrected chi connectivity index (χ2v) is 7.89. The van der Waals surface area contributed by atoms with E-state index in [9.17, 15) is 18.8 Å². The van der Waals surface area contributed by atoms with Gasteiger partial charge < -0.3 is 16.0 Å². The van der Waals surface area contributed by atoms with Crippen LogP contribution in [0.15, 0.2) is 46.9 Å². The van der Waals surface area contributed by atoms with E-state index in [1.165, 1.54) is 19.2 Å². The van der Waals surface area contributed by atoms with Gasteiger partial charge in [-0.2, -0.15) is 11.8 Å². The number of hydrogen-bond acceptors (Lipinski definition) is 4. The first-order valence-corrected chi connectivity index (χ1v) is 10.9. The lowest BCUT2D eigenvalue weighted by atomic mass is 10.1. The van der Waals surface area contributed by atoms with Crippen LogP contribution in [0.4, 0.5) is 10.1 Å². The molecule has 0 aliphatic heterocycles. The topological polar surface area (TPSA) is 87.3 Å². The van der Waals surface area contributed by atoms with Gasteiger partial charge in [0.2, 0.25) is 5.91 Å². The summed E-state index contributed by atoms with van der Waals surface area (Å²) in [6.07, 6.45) is 2.31. The van der Waals surface area contributed by atoms with Crippen molar-refractivity contribution < 1.29 is 18.8 Å². The monoisotopic (exact) mass is 481 g/mol. The third-order valence-electron chi connectivity index (χ3n) is 4.06. The van der Waals surface area contributed by atoms with Gasteiger partial charge in [0.15, 0.2) is 0 Å². The Kier molecular flexibility index (Phi) is 8.66. The van der Waals surface area contributed by atoms with Crippen LogP contribution in [-0.4, -0.2) is 42.8 Å². The minimum absolute atomic E-state index is 0.178. The van der Waals surface area contributed by atoms with Gasteiger partial charge in [-0.05, 0) is 64.7 Å². The maximum atomic E-state index is 13.8. The van der Waals surface area contributed by atoms with Crippen LogP contribution < -0.4 is 16.0 Å². The molecule has 3 N–H and O–H groups in total. The molecule has 9 heteroatoms. The normalized spacial score (nSPS) is 11.4. The predicted molar refractivity (Wildman–Crippen MR) is 117 cm³/mol.